The standard InChI is InChI=1S/C6H12S3/c7-3-1-2-6-8-4-5-9-6/h6-7H,1-5H2. The molecule has 9 heavy (non-hydrogen) atoms. The van der Waals surface area contributed by atoms with Crippen molar-refractivity contribution in [3.63, 3.8) is 0 Å². The van der Waals surface area contributed by atoms with Crippen LogP contribution in [0.1, 0.15) is 12.8 Å². The van der Waals surface area contributed by atoms with Crippen molar-refractivity contribution in [2.24, 2.45) is 0 Å². The van der Waals surface area contributed by atoms with Crippen LogP contribution in [0.3, 0.4) is 0 Å². The molecule has 0 aliphatic carbocycles. The van der Waals surface area contributed by atoms with E-state index >= 15 is 0 Å². The number of hydrogen-bond acceptors (Lipinski definition) is 3. The van der Waals surface area contributed by atoms with Crippen LogP contribution in [-0.4, -0.2) is 21.8 Å². The van der Waals surface area contributed by atoms with Crippen LogP contribution in [0.15, 0.2) is 0 Å². The molecule has 1 fully saturated rings. The Kier molecular flexibility index (Phi) is 4.35. The highest BCUT2D eigenvalue weighted by molar-refractivity contribution is 8.20. The van der Waals surface area contributed by atoms with Crippen molar-refractivity contribution in [1.29, 1.82) is 0 Å². The zero-order valence-corrected chi connectivity index (χ0v) is 7.90. The Hall–Kier alpha value is 1.05. The van der Waals surface area contributed by atoms with Crippen LogP contribution in [-0.2, 0) is 0 Å². The second-order valence-electron chi connectivity index (χ2n) is 2.04. The summed E-state index contributed by atoms with van der Waals surface area (Å²) in [6.07, 6.45) is 2.65. The van der Waals surface area contributed by atoms with Crippen LogP contribution in [0.5, 0.6) is 0 Å². The molecule has 3 heteroatoms. The SMILES string of the molecule is SCCCC1SCCS1. The van der Waals surface area contributed by atoms with Gasteiger partial charge in [0.05, 0.1) is 4.58 Å². The van der Waals surface area contributed by atoms with Gasteiger partial charge in [-0.2, -0.15) is 12.6 Å². The van der Waals surface area contributed by atoms with Crippen molar-refractivity contribution in [1.82, 2.24) is 0 Å². The van der Waals surface area contributed by atoms with Crippen LogP contribution in [0.4, 0.5) is 0 Å². The van der Waals surface area contributed by atoms with Crippen LogP contribution in [0.25, 0.3) is 0 Å². The van der Waals surface area contributed by atoms with Crippen LogP contribution >= 0.6 is 36.2 Å². The Morgan fingerprint density at radius 1 is 1.33 bits per heavy atom. The predicted molar refractivity (Wildman–Crippen MR) is 51.8 cm³/mol. The van der Waals surface area contributed by atoms with Gasteiger partial charge in [-0.25, -0.2) is 0 Å². The van der Waals surface area contributed by atoms with Crippen molar-refractivity contribution < 1.29 is 0 Å². The van der Waals surface area contributed by atoms with E-state index in [-0.39, 0.29) is 0 Å². The van der Waals surface area contributed by atoms with E-state index in [1.54, 1.807) is 0 Å². The van der Waals surface area contributed by atoms with Gasteiger partial charge < -0.3 is 0 Å². The fourth-order valence-corrected chi connectivity index (χ4v) is 3.94. The summed E-state index contributed by atoms with van der Waals surface area (Å²) >= 11 is 8.40. The molecule has 1 saturated heterocycles. The molecule has 0 N–H and O–H groups in total. The Morgan fingerprint density at radius 2 is 2.00 bits per heavy atom. The van der Waals surface area contributed by atoms with E-state index in [4.69, 9.17) is 0 Å². The maximum atomic E-state index is 4.17. The van der Waals surface area contributed by atoms with Gasteiger partial charge in [-0.1, -0.05) is 0 Å². The summed E-state index contributed by atoms with van der Waals surface area (Å²) in [5.41, 5.74) is 0. The minimum absolute atomic E-state index is 0.900. The number of thiol groups is 1. The lowest BCUT2D eigenvalue weighted by molar-refractivity contribution is 0.886. The molecule has 0 nitrogen and oxygen atoms in total. The van der Waals surface area contributed by atoms with E-state index in [1.165, 1.54) is 24.3 Å². The maximum Gasteiger partial charge on any atom is 0.0503 e. The van der Waals surface area contributed by atoms with Gasteiger partial charge in [-0.05, 0) is 18.6 Å². The average Bonchev–Trinajstić information content (AvgIpc) is 2.34. The lowest BCUT2D eigenvalue weighted by atomic mass is 10.4. The Morgan fingerprint density at radius 3 is 2.56 bits per heavy atom. The molecule has 0 aromatic rings. The molecule has 0 aromatic heterocycles. The highest BCUT2D eigenvalue weighted by Crippen LogP contribution is 2.34. The fourth-order valence-electron chi connectivity index (χ4n) is 0.832. The Labute approximate surface area is 71.0 Å². The first-order valence-corrected chi connectivity index (χ1v) is 6.00. The summed E-state index contributed by atoms with van der Waals surface area (Å²) in [5, 5.41) is 0. The molecule has 1 aliphatic rings. The Balaban J connectivity index is 1.98. The summed E-state index contributed by atoms with van der Waals surface area (Å²) in [7, 11) is 0. The largest absolute Gasteiger partial charge is 0.179 e. The second kappa shape index (κ2) is 4.80. The van der Waals surface area contributed by atoms with Crippen LogP contribution < -0.4 is 0 Å². The van der Waals surface area contributed by atoms with Gasteiger partial charge in [0.2, 0.25) is 0 Å². The van der Waals surface area contributed by atoms with Crippen molar-refractivity contribution in [3.05, 3.63) is 0 Å². The molecule has 0 amide bonds. The highest BCUT2D eigenvalue weighted by atomic mass is 32.2. The molecule has 0 saturated carbocycles. The summed E-state index contributed by atoms with van der Waals surface area (Å²) in [4.78, 5) is 0. The topological polar surface area (TPSA) is 0 Å². The average molecular weight is 180 g/mol. The highest BCUT2D eigenvalue weighted by Gasteiger charge is 2.14. The molecule has 0 spiro atoms. The van der Waals surface area contributed by atoms with Crippen molar-refractivity contribution in [3.8, 4) is 0 Å². The summed E-state index contributed by atoms with van der Waals surface area (Å²) in [6.45, 7) is 0. The van der Waals surface area contributed by atoms with Crippen molar-refractivity contribution in [2.45, 2.75) is 17.4 Å². The summed E-state index contributed by atoms with van der Waals surface area (Å²) in [5.74, 6) is 3.78. The lowest BCUT2D eigenvalue weighted by Gasteiger charge is -2.03. The number of hydrogen-bond donors (Lipinski definition) is 1. The minimum Gasteiger partial charge on any atom is -0.179 e. The zero-order chi connectivity index (χ0) is 6.53. The second-order valence-corrected chi connectivity index (χ2v) is 5.40. The maximum absolute atomic E-state index is 4.17. The third kappa shape index (κ3) is 3.10. The molecule has 1 rings (SSSR count). The number of rotatable bonds is 3. The summed E-state index contributed by atoms with van der Waals surface area (Å²) in [6, 6.07) is 0. The van der Waals surface area contributed by atoms with E-state index in [2.05, 4.69) is 36.2 Å². The van der Waals surface area contributed by atoms with E-state index in [0.29, 0.717) is 0 Å². The fraction of sp³-hybridized carbons (Fsp3) is 1.00. The van der Waals surface area contributed by atoms with E-state index in [0.717, 1.165) is 10.3 Å². The van der Waals surface area contributed by atoms with Crippen LogP contribution in [0.2, 0.25) is 0 Å². The van der Waals surface area contributed by atoms with Gasteiger partial charge in [0.15, 0.2) is 0 Å². The van der Waals surface area contributed by atoms with Gasteiger partial charge in [-0.3, -0.25) is 0 Å². The monoisotopic (exact) mass is 180 g/mol. The minimum atomic E-state index is 0.900. The van der Waals surface area contributed by atoms with E-state index < -0.39 is 0 Å². The summed E-state index contributed by atoms with van der Waals surface area (Å²) < 4.78 is 0.900. The van der Waals surface area contributed by atoms with Crippen LogP contribution in [0, 0.1) is 0 Å². The van der Waals surface area contributed by atoms with Gasteiger partial charge in [0.1, 0.15) is 0 Å². The van der Waals surface area contributed by atoms with Crippen molar-refractivity contribution >= 4 is 36.2 Å². The third-order valence-corrected chi connectivity index (χ3v) is 4.77. The zero-order valence-electron chi connectivity index (χ0n) is 5.38. The van der Waals surface area contributed by atoms with Gasteiger partial charge in [0, 0.05) is 11.5 Å². The smallest absolute Gasteiger partial charge is 0.0503 e. The normalized spacial score (nSPS) is 21.0. The molecular formula is C6H12S3. The first-order chi connectivity index (χ1) is 4.43. The first kappa shape index (κ1) is 8.15. The van der Waals surface area contributed by atoms with Crippen molar-refractivity contribution in [2.75, 3.05) is 17.3 Å². The first-order valence-electron chi connectivity index (χ1n) is 3.27. The third-order valence-electron chi connectivity index (χ3n) is 1.29. The molecule has 54 valence electrons. The molecule has 0 aromatic carbocycles. The Bertz CT molecular complexity index is 68.7. The van der Waals surface area contributed by atoms with Gasteiger partial charge in [0.25, 0.3) is 0 Å². The molecule has 0 atom stereocenters. The van der Waals surface area contributed by atoms with E-state index in [1.807, 2.05) is 0 Å². The molecule has 0 radical (unpaired) electrons. The molecular weight excluding hydrogens is 168 g/mol. The quantitative estimate of drug-likeness (QED) is 0.663. The predicted octanol–water partition coefficient (Wildman–Crippen LogP) is 2.50. The molecule has 1 aliphatic heterocycles. The number of thioether (sulfide) groups is 2. The molecule has 0 bridgehead atoms. The molecule has 1 heterocycles. The van der Waals surface area contributed by atoms with E-state index in [9.17, 15) is 0 Å². The van der Waals surface area contributed by atoms with Gasteiger partial charge in [-0.15, -0.1) is 23.5 Å². The molecule has 0 unspecified atom stereocenters. The van der Waals surface area contributed by atoms with Gasteiger partial charge >= 0.3 is 0 Å². The lowest BCUT2D eigenvalue weighted by Crippen LogP contribution is -1.91.